The largest absolute Gasteiger partial charge is 0.477 e. The van der Waals surface area contributed by atoms with E-state index in [9.17, 15) is 13.6 Å². The number of aliphatic carboxylic acids is 1. The summed E-state index contributed by atoms with van der Waals surface area (Å²) in [4.78, 5) is 9.87. The Hall–Kier alpha value is -0.970. The van der Waals surface area contributed by atoms with E-state index in [-0.39, 0.29) is 0 Å². The highest BCUT2D eigenvalue weighted by Crippen LogP contribution is 2.14. The highest BCUT2D eigenvalue weighted by molar-refractivity contribution is 5.75. The monoisotopic (exact) mass is 180 g/mol. The predicted octanol–water partition coefficient (Wildman–Crippen LogP) is 1.30. The number of ether oxygens (including phenoxy) is 1. The fourth-order valence-electron chi connectivity index (χ4n) is 0.366. The third-order valence-electron chi connectivity index (χ3n) is 1.17. The molecule has 5 heteroatoms. The highest BCUT2D eigenvalue weighted by Gasteiger charge is 2.39. The number of hydrogen-bond acceptors (Lipinski definition) is 2. The summed E-state index contributed by atoms with van der Waals surface area (Å²) in [5, 5.41) is 7.97. The fraction of sp³-hybridized carbons (Fsp3) is 0.571. The minimum atomic E-state index is -3.82. The Morgan fingerprint density at radius 1 is 1.83 bits per heavy atom. The molecule has 0 aliphatic carbocycles. The van der Waals surface area contributed by atoms with Crippen LogP contribution >= 0.6 is 0 Å². The van der Waals surface area contributed by atoms with E-state index >= 15 is 0 Å². The Morgan fingerprint density at radius 3 is 2.67 bits per heavy atom. The van der Waals surface area contributed by atoms with E-state index in [0.29, 0.717) is 0 Å². The van der Waals surface area contributed by atoms with Crippen molar-refractivity contribution in [1.82, 2.24) is 0 Å². The van der Waals surface area contributed by atoms with Crippen molar-refractivity contribution in [2.45, 2.75) is 19.0 Å². The average molecular weight is 180 g/mol. The van der Waals surface area contributed by atoms with Crippen LogP contribution in [0, 0.1) is 0 Å². The summed E-state index contributed by atoms with van der Waals surface area (Å²) in [7, 11) is 0. The summed E-state index contributed by atoms with van der Waals surface area (Å²) in [6.07, 6.45) is 0.730. The van der Waals surface area contributed by atoms with Crippen molar-refractivity contribution in [3.05, 3.63) is 12.7 Å². The van der Waals surface area contributed by atoms with Crippen molar-refractivity contribution in [3.8, 4) is 0 Å². The molecule has 1 unspecified atom stereocenters. The molecule has 0 aromatic heterocycles. The van der Waals surface area contributed by atoms with Gasteiger partial charge in [-0.25, -0.2) is 4.79 Å². The second-order valence-electron chi connectivity index (χ2n) is 2.26. The number of carboxylic acids is 1. The molecule has 0 aliphatic heterocycles. The lowest BCUT2D eigenvalue weighted by Gasteiger charge is -2.13. The van der Waals surface area contributed by atoms with Crippen LogP contribution in [0.2, 0.25) is 0 Å². The number of alkyl halides is 2. The zero-order valence-electron chi connectivity index (χ0n) is 6.59. The molecular formula is C7H10F2O3. The topological polar surface area (TPSA) is 46.5 Å². The third kappa shape index (κ3) is 3.43. The minimum absolute atomic E-state index is 0.574. The Labute approximate surface area is 68.6 Å². The molecule has 0 heterocycles. The minimum Gasteiger partial charge on any atom is -0.477 e. The van der Waals surface area contributed by atoms with Crippen molar-refractivity contribution in [2.24, 2.45) is 0 Å². The third-order valence-corrected chi connectivity index (χ3v) is 1.17. The van der Waals surface area contributed by atoms with Crippen LogP contribution in [0.3, 0.4) is 0 Å². The first kappa shape index (κ1) is 11.0. The van der Waals surface area contributed by atoms with Crippen molar-refractivity contribution in [2.75, 3.05) is 6.61 Å². The molecule has 1 N–H and O–H groups in total. The first-order chi connectivity index (χ1) is 5.40. The summed E-state index contributed by atoms with van der Waals surface area (Å²) >= 11 is 0. The Kier molecular flexibility index (Phi) is 3.82. The molecule has 70 valence electrons. The summed E-state index contributed by atoms with van der Waals surface area (Å²) in [5.74, 6) is -6.00. The van der Waals surface area contributed by atoms with E-state index < -0.39 is 24.6 Å². The SMILES string of the molecule is C=CC(C)OCC(F)(F)C(=O)O. The van der Waals surface area contributed by atoms with Gasteiger partial charge in [0.1, 0.15) is 6.61 Å². The van der Waals surface area contributed by atoms with Crippen LogP contribution in [0.5, 0.6) is 0 Å². The van der Waals surface area contributed by atoms with E-state index in [1.54, 1.807) is 0 Å². The van der Waals surface area contributed by atoms with Crippen LogP contribution in [0.15, 0.2) is 12.7 Å². The van der Waals surface area contributed by atoms with Gasteiger partial charge in [-0.05, 0) is 6.92 Å². The standard InChI is InChI=1S/C7H10F2O3/c1-3-5(2)12-4-7(8,9)6(10)11/h3,5H,1,4H2,2H3,(H,10,11). The quantitative estimate of drug-likeness (QED) is 0.648. The molecule has 0 rings (SSSR count). The molecule has 0 aliphatic rings. The molecule has 0 saturated heterocycles. The van der Waals surface area contributed by atoms with E-state index in [4.69, 9.17) is 5.11 Å². The van der Waals surface area contributed by atoms with Gasteiger partial charge >= 0.3 is 11.9 Å². The number of carbonyl (C=O) groups is 1. The van der Waals surface area contributed by atoms with Gasteiger partial charge < -0.3 is 9.84 Å². The van der Waals surface area contributed by atoms with E-state index in [2.05, 4.69) is 11.3 Å². The van der Waals surface area contributed by atoms with Gasteiger partial charge in [-0.3, -0.25) is 0 Å². The van der Waals surface area contributed by atoms with Gasteiger partial charge in [0, 0.05) is 0 Å². The maximum Gasteiger partial charge on any atom is 0.377 e. The summed E-state index contributed by atoms with van der Waals surface area (Å²) in [6.45, 7) is 3.65. The first-order valence-electron chi connectivity index (χ1n) is 3.25. The van der Waals surface area contributed by atoms with Crippen molar-refractivity contribution in [1.29, 1.82) is 0 Å². The molecule has 0 saturated carbocycles. The van der Waals surface area contributed by atoms with Gasteiger partial charge in [-0.2, -0.15) is 8.78 Å². The average Bonchev–Trinajstić information content (AvgIpc) is 2.00. The second-order valence-corrected chi connectivity index (χ2v) is 2.26. The molecule has 0 radical (unpaired) electrons. The van der Waals surface area contributed by atoms with Gasteiger partial charge in [-0.1, -0.05) is 6.08 Å². The highest BCUT2D eigenvalue weighted by atomic mass is 19.3. The number of carboxylic acid groups (broad SMARTS) is 1. The molecule has 1 atom stereocenters. The molecule has 0 amide bonds. The Morgan fingerprint density at radius 2 is 2.33 bits per heavy atom. The Balaban J connectivity index is 3.91. The zero-order valence-corrected chi connectivity index (χ0v) is 6.59. The number of halogens is 2. The predicted molar refractivity (Wildman–Crippen MR) is 38.2 cm³/mol. The number of hydrogen-bond donors (Lipinski definition) is 1. The van der Waals surface area contributed by atoms with Gasteiger partial charge in [0.05, 0.1) is 6.10 Å². The van der Waals surface area contributed by atoms with Crippen molar-refractivity contribution >= 4 is 5.97 Å². The van der Waals surface area contributed by atoms with E-state index in [0.717, 1.165) is 0 Å². The van der Waals surface area contributed by atoms with Gasteiger partial charge in [0.25, 0.3) is 0 Å². The molecule has 0 bridgehead atoms. The van der Waals surface area contributed by atoms with Gasteiger partial charge in [0.2, 0.25) is 0 Å². The van der Waals surface area contributed by atoms with Gasteiger partial charge in [-0.15, -0.1) is 6.58 Å². The van der Waals surface area contributed by atoms with E-state index in [1.807, 2.05) is 0 Å². The van der Waals surface area contributed by atoms with Crippen LogP contribution in [0.4, 0.5) is 8.78 Å². The van der Waals surface area contributed by atoms with Crippen molar-refractivity contribution < 1.29 is 23.4 Å². The molecule has 3 nitrogen and oxygen atoms in total. The lowest BCUT2D eigenvalue weighted by molar-refractivity contribution is -0.174. The normalized spacial score (nSPS) is 13.9. The summed E-state index contributed by atoms with van der Waals surface area (Å²) < 4.78 is 29.0. The first-order valence-corrected chi connectivity index (χ1v) is 3.25. The maximum absolute atomic E-state index is 12.3. The smallest absolute Gasteiger partial charge is 0.377 e. The molecular weight excluding hydrogens is 170 g/mol. The van der Waals surface area contributed by atoms with Gasteiger partial charge in [0.15, 0.2) is 0 Å². The lowest BCUT2D eigenvalue weighted by atomic mass is 10.3. The second kappa shape index (κ2) is 4.15. The van der Waals surface area contributed by atoms with Crippen LogP contribution < -0.4 is 0 Å². The lowest BCUT2D eigenvalue weighted by Crippen LogP contribution is -2.34. The molecule has 0 aromatic rings. The fourth-order valence-corrected chi connectivity index (χ4v) is 0.366. The van der Waals surface area contributed by atoms with E-state index in [1.165, 1.54) is 13.0 Å². The van der Waals surface area contributed by atoms with Crippen LogP contribution in [0.1, 0.15) is 6.92 Å². The number of rotatable bonds is 5. The molecule has 12 heavy (non-hydrogen) atoms. The van der Waals surface area contributed by atoms with Crippen LogP contribution in [0.25, 0.3) is 0 Å². The van der Waals surface area contributed by atoms with Crippen LogP contribution in [-0.2, 0) is 9.53 Å². The van der Waals surface area contributed by atoms with Crippen LogP contribution in [-0.4, -0.2) is 29.7 Å². The Bertz CT molecular complexity index is 179. The maximum atomic E-state index is 12.3. The molecule has 0 spiro atoms. The summed E-state index contributed by atoms with van der Waals surface area (Å²) in [6, 6.07) is 0. The molecule has 0 aromatic carbocycles. The zero-order chi connectivity index (χ0) is 9.78. The summed E-state index contributed by atoms with van der Waals surface area (Å²) in [5.41, 5.74) is 0. The molecule has 0 fully saturated rings. The van der Waals surface area contributed by atoms with Crippen molar-refractivity contribution in [3.63, 3.8) is 0 Å².